The summed E-state index contributed by atoms with van der Waals surface area (Å²) in [6.07, 6.45) is 0. The number of thiazole rings is 1. The molecule has 0 bridgehead atoms. The third-order valence-electron chi connectivity index (χ3n) is 1.92. The fourth-order valence-electron chi connectivity index (χ4n) is 1.36. The largest absolute Gasteiger partial charge is 0.375 e. The summed E-state index contributed by atoms with van der Waals surface area (Å²) in [7, 11) is 0. The molecular weight excluding hydrogens is 204 g/mol. The van der Waals surface area contributed by atoms with Crippen LogP contribution in [0, 0.1) is 6.92 Å². The lowest BCUT2D eigenvalue weighted by atomic mass is 10.1. The molecule has 2 nitrogen and oxygen atoms in total. The number of halogens is 1. The summed E-state index contributed by atoms with van der Waals surface area (Å²) < 4.78 is 1.12. The second-order valence-electron chi connectivity index (χ2n) is 2.95. The SMILES string of the molecule is Cc1cc(CCl)cc2sc(N)nc12. The Morgan fingerprint density at radius 1 is 1.54 bits per heavy atom. The van der Waals surface area contributed by atoms with Crippen LogP contribution >= 0.6 is 22.9 Å². The van der Waals surface area contributed by atoms with Crippen LogP contribution in [0.5, 0.6) is 0 Å². The summed E-state index contributed by atoms with van der Waals surface area (Å²) in [6, 6.07) is 4.10. The van der Waals surface area contributed by atoms with Gasteiger partial charge >= 0.3 is 0 Å². The molecule has 0 aliphatic carbocycles. The normalized spacial score (nSPS) is 10.9. The van der Waals surface area contributed by atoms with Gasteiger partial charge in [0.25, 0.3) is 0 Å². The average Bonchev–Trinajstić information content (AvgIpc) is 2.46. The Balaban J connectivity index is 2.75. The van der Waals surface area contributed by atoms with Crippen molar-refractivity contribution in [3.05, 3.63) is 23.3 Å². The second kappa shape index (κ2) is 3.16. The Kier molecular flexibility index (Phi) is 2.14. The van der Waals surface area contributed by atoms with Crippen LogP contribution in [-0.2, 0) is 5.88 Å². The van der Waals surface area contributed by atoms with Gasteiger partial charge in [-0.2, -0.15) is 0 Å². The van der Waals surface area contributed by atoms with E-state index in [2.05, 4.69) is 11.1 Å². The lowest BCUT2D eigenvalue weighted by Crippen LogP contribution is -1.83. The molecule has 0 amide bonds. The minimum atomic E-state index is 0.536. The van der Waals surface area contributed by atoms with Crippen LogP contribution in [0.3, 0.4) is 0 Å². The molecule has 13 heavy (non-hydrogen) atoms. The van der Waals surface area contributed by atoms with Gasteiger partial charge in [0.2, 0.25) is 0 Å². The first-order chi connectivity index (χ1) is 6.20. The van der Waals surface area contributed by atoms with E-state index < -0.39 is 0 Å². The zero-order valence-corrected chi connectivity index (χ0v) is 8.75. The van der Waals surface area contributed by atoms with Crippen LogP contribution in [0.25, 0.3) is 10.2 Å². The number of hydrogen-bond donors (Lipinski definition) is 1. The molecule has 0 unspecified atom stereocenters. The maximum Gasteiger partial charge on any atom is 0.181 e. The smallest absolute Gasteiger partial charge is 0.181 e. The van der Waals surface area contributed by atoms with Gasteiger partial charge in [-0.15, -0.1) is 11.6 Å². The molecule has 4 heteroatoms. The Bertz CT molecular complexity index is 450. The van der Waals surface area contributed by atoms with Crippen molar-refractivity contribution in [2.45, 2.75) is 12.8 Å². The molecule has 0 saturated carbocycles. The minimum Gasteiger partial charge on any atom is -0.375 e. The molecule has 0 aliphatic rings. The Labute approximate surface area is 85.3 Å². The molecule has 1 aromatic heterocycles. The molecule has 0 radical (unpaired) electrons. The summed E-state index contributed by atoms with van der Waals surface area (Å²) in [5.74, 6) is 0.536. The number of aromatic nitrogens is 1. The van der Waals surface area contributed by atoms with Gasteiger partial charge in [-0.25, -0.2) is 4.98 Å². The maximum atomic E-state index is 5.76. The van der Waals surface area contributed by atoms with Gasteiger partial charge in [0.05, 0.1) is 10.2 Å². The zero-order valence-electron chi connectivity index (χ0n) is 7.17. The summed E-state index contributed by atoms with van der Waals surface area (Å²) in [6.45, 7) is 2.03. The number of alkyl halides is 1. The summed E-state index contributed by atoms with van der Waals surface area (Å²) in [4.78, 5) is 4.24. The van der Waals surface area contributed by atoms with Crippen molar-refractivity contribution in [2.24, 2.45) is 0 Å². The van der Waals surface area contributed by atoms with Gasteiger partial charge < -0.3 is 5.73 Å². The third-order valence-corrected chi connectivity index (χ3v) is 3.06. The summed E-state index contributed by atoms with van der Waals surface area (Å²) in [5.41, 5.74) is 8.88. The van der Waals surface area contributed by atoms with Crippen molar-refractivity contribution >= 4 is 38.3 Å². The van der Waals surface area contributed by atoms with E-state index in [1.165, 1.54) is 11.3 Å². The topological polar surface area (TPSA) is 38.9 Å². The standard InChI is InChI=1S/C9H9ClN2S/c1-5-2-6(4-10)3-7-8(5)12-9(11)13-7/h2-3H,4H2,1H3,(H2,11,12). The molecule has 2 N–H and O–H groups in total. The number of rotatable bonds is 1. The van der Waals surface area contributed by atoms with Crippen molar-refractivity contribution in [1.29, 1.82) is 0 Å². The Morgan fingerprint density at radius 2 is 2.31 bits per heavy atom. The molecule has 0 aliphatic heterocycles. The molecule has 0 fully saturated rings. The average molecular weight is 213 g/mol. The quantitative estimate of drug-likeness (QED) is 0.739. The lowest BCUT2D eigenvalue weighted by molar-refractivity contribution is 1.36. The van der Waals surface area contributed by atoms with Crippen molar-refractivity contribution in [1.82, 2.24) is 4.98 Å². The fourth-order valence-corrected chi connectivity index (χ4v) is 2.39. The predicted molar refractivity (Wildman–Crippen MR) is 58.3 cm³/mol. The number of anilines is 1. The maximum absolute atomic E-state index is 5.76. The van der Waals surface area contributed by atoms with Gasteiger partial charge in [0.1, 0.15) is 0 Å². The first kappa shape index (κ1) is 8.78. The molecule has 0 atom stereocenters. The van der Waals surface area contributed by atoms with Crippen molar-refractivity contribution in [2.75, 3.05) is 5.73 Å². The minimum absolute atomic E-state index is 0.536. The van der Waals surface area contributed by atoms with E-state index in [1.54, 1.807) is 0 Å². The Hall–Kier alpha value is -0.800. The van der Waals surface area contributed by atoms with E-state index in [9.17, 15) is 0 Å². The van der Waals surface area contributed by atoms with E-state index in [1.807, 2.05) is 13.0 Å². The number of aryl methyl sites for hydroxylation is 1. The summed E-state index contributed by atoms with van der Waals surface area (Å²) >= 11 is 7.26. The van der Waals surface area contributed by atoms with Gasteiger partial charge in [-0.1, -0.05) is 17.4 Å². The van der Waals surface area contributed by atoms with Crippen LogP contribution in [-0.4, -0.2) is 4.98 Å². The van der Waals surface area contributed by atoms with Crippen LogP contribution in [0.15, 0.2) is 12.1 Å². The number of benzene rings is 1. The number of hydrogen-bond acceptors (Lipinski definition) is 3. The highest BCUT2D eigenvalue weighted by Crippen LogP contribution is 2.27. The van der Waals surface area contributed by atoms with E-state index >= 15 is 0 Å². The van der Waals surface area contributed by atoms with Gasteiger partial charge in [0.15, 0.2) is 5.13 Å². The number of nitrogens with zero attached hydrogens (tertiary/aromatic N) is 1. The zero-order chi connectivity index (χ0) is 9.42. The molecule has 2 rings (SSSR count). The first-order valence-corrected chi connectivity index (χ1v) is 5.27. The highest BCUT2D eigenvalue weighted by Gasteiger charge is 2.05. The van der Waals surface area contributed by atoms with E-state index in [4.69, 9.17) is 17.3 Å². The van der Waals surface area contributed by atoms with Crippen LogP contribution in [0.1, 0.15) is 11.1 Å². The summed E-state index contributed by atoms with van der Waals surface area (Å²) in [5, 5.41) is 0.616. The van der Waals surface area contributed by atoms with E-state index in [-0.39, 0.29) is 0 Å². The third kappa shape index (κ3) is 1.49. The van der Waals surface area contributed by atoms with Crippen molar-refractivity contribution < 1.29 is 0 Å². The highest BCUT2D eigenvalue weighted by molar-refractivity contribution is 7.22. The predicted octanol–water partition coefficient (Wildman–Crippen LogP) is 2.93. The van der Waals surface area contributed by atoms with Gasteiger partial charge in [0, 0.05) is 5.88 Å². The fraction of sp³-hybridized carbons (Fsp3) is 0.222. The van der Waals surface area contributed by atoms with E-state index in [0.717, 1.165) is 21.3 Å². The van der Waals surface area contributed by atoms with Crippen LogP contribution < -0.4 is 5.73 Å². The number of nitrogen functional groups attached to an aromatic ring is 1. The molecule has 68 valence electrons. The number of nitrogens with two attached hydrogens (primary N) is 1. The van der Waals surface area contributed by atoms with Crippen LogP contribution in [0.4, 0.5) is 5.13 Å². The molecule has 1 heterocycles. The molecule has 1 aromatic carbocycles. The highest BCUT2D eigenvalue weighted by atomic mass is 35.5. The Morgan fingerprint density at radius 3 is 3.00 bits per heavy atom. The van der Waals surface area contributed by atoms with Crippen molar-refractivity contribution in [3.8, 4) is 0 Å². The molecule has 2 aromatic rings. The molecule has 0 spiro atoms. The van der Waals surface area contributed by atoms with E-state index in [0.29, 0.717) is 11.0 Å². The van der Waals surface area contributed by atoms with Gasteiger partial charge in [-0.3, -0.25) is 0 Å². The lowest BCUT2D eigenvalue weighted by Gasteiger charge is -1.98. The molecular formula is C9H9ClN2S. The van der Waals surface area contributed by atoms with Gasteiger partial charge in [-0.05, 0) is 24.1 Å². The van der Waals surface area contributed by atoms with Crippen LogP contribution in [0.2, 0.25) is 0 Å². The number of fused-ring (bicyclic) bond motifs is 1. The molecule has 0 saturated heterocycles. The van der Waals surface area contributed by atoms with Crippen molar-refractivity contribution in [3.63, 3.8) is 0 Å². The second-order valence-corrected chi connectivity index (χ2v) is 4.27. The first-order valence-electron chi connectivity index (χ1n) is 3.92. The monoisotopic (exact) mass is 212 g/mol.